The topological polar surface area (TPSA) is 0 Å². The molecule has 0 unspecified atom stereocenters. The molecule has 4 bridgehead atoms. The van der Waals surface area contributed by atoms with E-state index in [0.717, 1.165) is 0 Å². The van der Waals surface area contributed by atoms with Crippen molar-refractivity contribution in [2.24, 2.45) is 10.8 Å². The molecule has 2 aromatic rings. The summed E-state index contributed by atoms with van der Waals surface area (Å²) in [4.78, 5) is 0. The van der Waals surface area contributed by atoms with Gasteiger partial charge in [0.15, 0.2) is 0 Å². The Morgan fingerprint density at radius 2 is 0.909 bits per heavy atom. The van der Waals surface area contributed by atoms with E-state index in [4.69, 9.17) is 0 Å². The van der Waals surface area contributed by atoms with Crippen molar-refractivity contribution in [1.82, 2.24) is 0 Å². The van der Waals surface area contributed by atoms with Crippen molar-refractivity contribution < 1.29 is 0 Å². The van der Waals surface area contributed by atoms with Crippen LogP contribution in [0.25, 0.3) is 35.1 Å². The zero-order valence-corrected chi connectivity index (χ0v) is 12.9. The van der Waals surface area contributed by atoms with Gasteiger partial charge in [-0.1, -0.05) is 86.7 Å². The first-order valence-electron chi connectivity index (χ1n) is 7.97. The zero-order chi connectivity index (χ0) is 14.9. The maximum Gasteiger partial charge on any atom is 0.0163 e. The fraction of sp³-hybridized carbons (Fsp3) is 0.182. The van der Waals surface area contributed by atoms with Crippen molar-refractivity contribution in [3.63, 3.8) is 0 Å². The highest BCUT2D eigenvalue weighted by Gasteiger charge is 2.40. The molecule has 3 aliphatic rings. The maximum absolute atomic E-state index is 2.39. The number of rotatable bonds is 0. The van der Waals surface area contributed by atoms with E-state index in [1.165, 1.54) is 33.0 Å². The SMILES string of the molecule is C[C@]12C=Cc3c4c(c5ccccc5c3C=C1)C=C[C@@]2(C)C=C4. The van der Waals surface area contributed by atoms with Crippen LogP contribution in [0.4, 0.5) is 0 Å². The normalized spacial score (nSPS) is 29.9. The zero-order valence-electron chi connectivity index (χ0n) is 12.9. The molecule has 0 heterocycles. The molecule has 0 saturated carbocycles. The summed E-state index contributed by atoms with van der Waals surface area (Å²) in [6, 6.07) is 8.78. The lowest BCUT2D eigenvalue weighted by molar-refractivity contribution is 0.322. The van der Waals surface area contributed by atoms with E-state index < -0.39 is 0 Å². The van der Waals surface area contributed by atoms with Crippen molar-refractivity contribution in [1.29, 1.82) is 0 Å². The molecular weight excluding hydrogens is 264 g/mol. The van der Waals surface area contributed by atoms with Crippen molar-refractivity contribution in [3.05, 3.63) is 70.8 Å². The lowest BCUT2D eigenvalue weighted by Crippen LogP contribution is -2.30. The molecule has 0 aliphatic heterocycles. The summed E-state index contributed by atoms with van der Waals surface area (Å²) in [5, 5.41) is 2.70. The average molecular weight is 282 g/mol. The Morgan fingerprint density at radius 1 is 0.545 bits per heavy atom. The first kappa shape index (κ1) is 12.2. The molecule has 2 atom stereocenters. The summed E-state index contributed by atoms with van der Waals surface area (Å²) < 4.78 is 0. The molecule has 0 nitrogen and oxygen atoms in total. The standard InChI is InChI=1S/C22H18/c1-21-11-7-17-15-5-3-4-6-16(15)18-8-12-22(21,2)14-10-20(18)19(17)9-13-21/h3-14H,1-2H3/t21-,22+. The number of hydrogen-bond acceptors (Lipinski definition) is 0. The second-order valence-corrected chi connectivity index (χ2v) is 7.10. The molecule has 5 rings (SSSR count). The Bertz CT molecular complexity index is 873. The predicted molar refractivity (Wildman–Crippen MR) is 96.3 cm³/mol. The largest absolute Gasteiger partial charge is 0.0730 e. The van der Waals surface area contributed by atoms with Crippen molar-refractivity contribution in [2.45, 2.75) is 13.8 Å². The summed E-state index contributed by atoms with van der Waals surface area (Å²) >= 11 is 0. The maximum atomic E-state index is 2.39. The van der Waals surface area contributed by atoms with E-state index in [9.17, 15) is 0 Å². The Morgan fingerprint density at radius 3 is 1.32 bits per heavy atom. The number of allylic oxidation sites excluding steroid dienone is 4. The van der Waals surface area contributed by atoms with Gasteiger partial charge in [0, 0.05) is 10.8 Å². The van der Waals surface area contributed by atoms with Gasteiger partial charge in [0.25, 0.3) is 0 Å². The minimum atomic E-state index is 0.000262. The third kappa shape index (κ3) is 1.29. The third-order valence-corrected chi connectivity index (χ3v) is 5.92. The summed E-state index contributed by atoms with van der Waals surface area (Å²) in [5.74, 6) is 0. The summed E-state index contributed by atoms with van der Waals surface area (Å²) in [6.07, 6.45) is 18.9. The molecule has 0 fully saturated rings. The van der Waals surface area contributed by atoms with Crippen LogP contribution in [0.15, 0.2) is 48.6 Å². The quantitative estimate of drug-likeness (QED) is 0.560. The van der Waals surface area contributed by atoms with Crippen LogP contribution in [0.3, 0.4) is 0 Å². The first-order chi connectivity index (χ1) is 10.6. The number of benzene rings is 2. The van der Waals surface area contributed by atoms with Gasteiger partial charge in [-0.15, -0.1) is 0 Å². The highest BCUT2D eigenvalue weighted by atomic mass is 14.4. The Hall–Kier alpha value is -2.34. The van der Waals surface area contributed by atoms with Crippen molar-refractivity contribution in [3.8, 4) is 0 Å². The highest BCUT2D eigenvalue weighted by Crippen LogP contribution is 2.52. The third-order valence-electron chi connectivity index (χ3n) is 5.92. The van der Waals surface area contributed by atoms with Gasteiger partial charge >= 0.3 is 0 Å². The summed E-state index contributed by atoms with van der Waals surface area (Å²) in [7, 11) is 0. The molecular formula is C22H18. The van der Waals surface area contributed by atoms with E-state index >= 15 is 0 Å². The molecule has 0 aromatic heterocycles. The number of hydrogen-bond donors (Lipinski definition) is 0. The van der Waals surface area contributed by atoms with Gasteiger partial charge in [-0.05, 0) is 33.0 Å². The molecule has 106 valence electrons. The van der Waals surface area contributed by atoms with Crippen molar-refractivity contribution >= 4 is 35.1 Å². The van der Waals surface area contributed by atoms with E-state index in [2.05, 4.69) is 86.7 Å². The van der Waals surface area contributed by atoms with Crippen LogP contribution in [0.1, 0.15) is 36.1 Å². The number of fused-ring (bicyclic) bond motifs is 6. The average Bonchev–Trinajstić information content (AvgIpc) is 2.80. The van der Waals surface area contributed by atoms with E-state index in [1.807, 2.05) is 0 Å². The first-order valence-corrected chi connectivity index (χ1v) is 7.97. The molecule has 0 saturated heterocycles. The smallest absolute Gasteiger partial charge is 0.0163 e. The van der Waals surface area contributed by atoms with E-state index in [1.54, 1.807) is 0 Å². The molecule has 2 aromatic carbocycles. The molecule has 3 aliphatic carbocycles. The van der Waals surface area contributed by atoms with Crippen LogP contribution >= 0.6 is 0 Å². The molecule has 0 N–H and O–H groups in total. The predicted octanol–water partition coefficient (Wildman–Crippen LogP) is 5.95. The summed E-state index contributed by atoms with van der Waals surface area (Å²) in [6.45, 7) is 4.66. The fourth-order valence-electron chi connectivity index (χ4n) is 4.11. The molecule has 0 amide bonds. The van der Waals surface area contributed by atoms with Crippen LogP contribution in [-0.4, -0.2) is 0 Å². The summed E-state index contributed by atoms with van der Waals surface area (Å²) in [5.41, 5.74) is 5.44. The lowest BCUT2D eigenvalue weighted by atomic mass is 9.64. The van der Waals surface area contributed by atoms with E-state index in [0.29, 0.717) is 0 Å². The van der Waals surface area contributed by atoms with Gasteiger partial charge in [-0.2, -0.15) is 0 Å². The minimum Gasteiger partial charge on any atom is -0.0730 e. The van der Waals surface area contributed by atoms with Crippen LogP contribution in [0.2, 0.25) is 0 Å². The van der Waals surface area contributed by atoms with Crippen LogP contribution in [-0.2, 0) is 0 Å². The second kappa shape index (κ2) is 3.70. The van der Waals surface area contributed by atoms with Gasteiger partial charge in [-0.3, -0.25) is 0 Å². The Labute approximate surface area is 131 Å². The highest BCUT2D eigenvalue weighted by molar-refractivity contribution is 6.04. The lowest BCUT2D eigenvalue weighted by Gasteiger charge is -2.38. The second-order valence-electron chi connectivity index (χ2n) is 7.10. The van der Waals surface area contributed by atoms with Gasteiger partial charge in [0.05, 0.1) is 0 Å². The molecule has 0 spiro atoms. The van der Waals surface area contributed by atoms with Crippen molar-refractivity contribution in [2.75, 3.05) is 0 Å². The Kier molecular flexibility index (Phi) is 2.06. The van der Waals surface area contributed by atoms with Crippen LogP contribution in [0.5, 0.6) is 0 Å². The van der Waals surface area contributed by atoms with Gasteiger partial charge in [0.2, 0.25) is 0 Å². The van der Waals surface area contributed by atoms with E-state index in [-0.39, 0.29) is 10.8 Å². The van der Waals surface area contributed by atoms with Crippen LogP contribution < -0.4 is 0 Å². The molecule has 0 heteroatoms. The van der Waals surface area contributed by atoms with Crippen LogP contribution in [0, 0.1) is 10.8 Å². The van der Waals surface area contributed by atoms with Gasteiger partial charge < -0.3 is 0 Å². The minimum absolute atomic E-state index is 0.000262. The molecule has 0 radical (unpaired) electrons. The van der Waals surface area contributed by atoms with Gasteiger partial charge in [0.1, 0.15) is 0 Å². The molecule has 22 heavy (non-hydrogen) atoms. The Balaban J connectivity index is 2.11. The fourth-order valence-corrected chi connectivity index (χ4v) is 4.11. The van der Waals surface area contributed by atoms with Gasteiger partial charge in [-0.25, -0.2) is 0 Å². The monoisotopic (exact) mass is 282 g/mol.